The van der Waals surface area contributed by atoms with E-state index in [9.17, 15) is 4.39 Å². The zero-order chi connectivity index (χ0) is 13.0. The molecule has 0 saturated carbocycles. The molecular formula is C15H15FN2. The maximum atomic E-state index is 12.9. The number of hydrogen-bond donors (Lipinski definition) is 2. The van der Waals surface area contributed by atoms with Gasteiger partial charge in [0.2, 0.25) is 0 Å². The van der Waals surface area contributed by atoms with Gasteiger partial charge in [0.05, 0.1) is 0 Å². The molecule has 0 fully saturated rings. The van der Waals surface area contributed by atoms with E-state index in [1.165, 1.54) is 12.1 Å². The van der Waals surface area contributed by atoms with Gasteiger partial charge in [0.25, 0.3) is 0 Å². The molecule has 1 unspecified atom stereocenters. The van der Waals surface area contributed by atoms with Crippen LogP contribution in [-0.2, 0) is 0 Å². The molecular weight excluding hydrogens is 227 g/mol. The predicted molar refractivity (Wildman–Crippen MR) is 71.5 cm³/mol. The standard InChI is InChI=1S/C15H15FN2/c16-13-8-6-12(7-9-13)15(18)14(10-17)11-4-2-1-3-5-11/h1-9,14,18H,10,17H2. The minimum Gasteiger partial charge on any atom is -0.329 e. The van der Waals surface area contributed by atoms with Gasteiger partial charge in [0.15, 0.2) is 0 Å². The van der Waals surface area contributed by atoms with Crippen molar-refractivity contribution in [3.8, 4) is 0 Å². The van der Waals surface area contributed by atoms with Crippen LogP contribution in [0.25, 0.3) is 0 Å². The Labute approximate surface area is 106 Å². The summed E-state index contributed by atoms with van der Waals surface area (Å²) in [5.74, 6) is -0.452. The van der Waals surface area contributed by atoms with Crippen LogP contribution >= 0.6 is 0 Å². The lowest BCUT2D eigenvalue weighted by Crippen LogP contribution is -2.21. The average molecular weight is 242 g/mol. The maximum absolute atomic E-state index is 12.9. The summed E-state index contributed by atoms with van der Waals surface area (Å²) in [6.45, 7) is 0.361. The van der Waals surface area contributed by atoms with Crippen LogP contribution in [-0.4, -0.2) is 12.3 Å². The minimum absolute atomic E-state index is 0.156. The van der Waals surface area contributed by atoms with Gasteiger partial charge in [0.1, 0.15) is 5.82 Å². The highest BCUT2D eigenvalue weighted by atomic mass is 19.1. The van der Waals surface area contributed by atoms with E-state index in [1.54, 1.807) is 12.1 Å². The summed E-state index contributed by atoms with van der Waals surface area (Å²) in [5, 5.41) is 8.19. The summed E-state index contributed by atoms with van der Waals surface area (Å²) in [5.41, 5.74) is 7.89. The smallest absolute Gasteiger partial charge is 0.123 e. The molecule has 2 nitrogen and oxygen atoms in total. The van der Waals surface area contributed by atoms with Gasteiger partial charge < -0.3 is 11.1 Å². The monoisotopic (exact) mass is 242 g/mol. The fraction of sp³-hybridized carbons (Fsp3) is 0.133. The van der Waals surface area contributed by atoms with Gasteiger partial charge in [0, 0.05) is 18.2 Å². The Morgan fingerprint density at radius 1 is 1.06 bits per heavy atom. The Bertz CT molecular complexity index is 520. The van der Waals surface area contributed by atoms with Gasteiger partial charge in [-0.3, -0.25) is 0 Å². The van der Waals surface area contributed by atoms with Gasteiger partial charge in [-0.15, -0.1) is 0 Å². The number of nitrogens with one attached hydrogen (secondary N) is 1. The first kappa shape index (κ1) is 12.5. The van der Waals surface area contributed by atoms with Crippen molar-refractivity contribution in [2.75, 3.05) is 6.54 Å². The van der Waals surface area contributed by atoms with Crippen LogP contribution in [0.1, 0.15) is 17.0 Å². The number of hydrogen-bond acceptors (Lipinski definition) is 2. The number of halogens is 1. The van der Waals surface area contributed by atoms with Crippen LogP contribution < -0.4 is 5.73 Å². The first-order chi connectivity index (χ1) is 8.72. The third kappa shape index (κ3) is 2.63. The molecule has 2 aromatic rings. The number of nitrogens with two attached hydrogens (primary N) is 1. The molecule has 1 atom stereocenters. The lowest BCUT2D eigenvalue weighted by Gasteiger charge is -2.16. The highest BCUT2D eigenvalue weighted by molar-refractivity contribution is 6.03. The fourth-order valence-electron chi connectivity index (χ4n) is 1.94. The molecule has 0 saturated heterocycles. The van der Waals surface area contributed by atoms with Crippen molar-refractivity contribution >= 4 is 5.71 Å². The predicted octanol–water partition coefficient (Wildman–Crippen LogP) is 2.94. The molecule has 0 aliphatic carbocycles. The number of rotatable bonds is 4. The normalized spacial score (nSPS) is 12.1. The molecule has 0 aliphatic rings. The van der Waals surface area contributed by atoms with Crippen molar-refractivity contribution < 1.29 is 4.39 Å². The van der Waals surface area contributed by atoms with Crippen molar-refractivity contribution in [2.24, 2.45) is 5.73 Å². The van der Waals surface area contributed by atoms with Crippen molar-refractivity contribution in [1.29, 1.82) is 5.41 Å². The molecule has 3 heteroatoms. The first-order valence-corrected chi connectivity index (χ1v) is 5.81. The summed E-state index contributed by atoms with van der Waals surface area (Å²) >= 11 is 0. The summed E-state index contributed by atoms with van der Waals surface area (Å²) in [4.78, 5) is 0. The third-order valence-electron chi connectivity index (χ3n) is 2.94. The maximum Gasteiger partial charge on any atom is 0.123 e. The second kappa shape index (κ2) is 5.56. The molecule has 0 aliphatic heterocycles. The van der Waals surface area contributed by atoms with Crippen molar-refractivity contribution in [2.45, 2.75) is 5.92 Å². The van der Waals surface area contributed by atoms with E-state index in [2.05, 4.69) is 0 Å². The van der Waals surface area contributed by atoms with Crippen LogP contribution in [0.5, 0.6) is 0 Å². The lowest BCUT2D eigenvalue weighted by atomic mass is 9.90. The van der Waals surface area contributed by atoms with Crippen molar-refractivity contribution in [3.63, 3.8) is 0 Å². The van der Waals surface area contributed by atoms with Gasteiger partial charge in [-0.1, -0.05) is 42.5 Å². The van der Waals surface area contributed by atoms with E-state index in [0.29, 0.717) is 17.8 Å². The highest BCUT2D eigenvalue weighted by Crippen LogP contribution is 2.20. The largest absolute Gasteiger partial charge is 0.329 e. The molecule has 2 rings (SSSR count). The third-order valence-corrected chi connectivity index (χ3v) is 2.94. The van der Waals surface area contributed by atoms with Crippen molar-refractivity contribution in [3.05, 3.63) is 71.5 Å². The molecule has 92 valence electrons. The summed E-state index contributed by atoms with van der Waals surface area (Å²) < 4.78 is 12.9. The molecule has 0 bridgehead atoms. The Morgan fingerprint density at radius 3 is 2.22 bits per heavy atom. The topological polar surface area (TPSA) is 49.9 Å². The Morgan fingerprint density at radius 2 is 1.67 bits per heavy atom. The minimum atomic E-state index is -0.296. The van der Waals surface area contributed by atoms with Gasteiger partial charge in [-0.25, -0.2) is 4.39 Å². The van der Waals surface area contributed by atoms with E-state index in [0.717, 1.165) is 5.56 Å². The van der Waals surface area contributed by atoms with Crippen LogP contribution in [0.15, 0.2) is 54.6 Å². The second-order valence-electron chi connectivity index (χ2n) is 4.12. The Hall–Kier alpha value is -2.00. The number of benzene rings is 2. The first-order valence-electron chi connectivity index (χ1n) is 5.81. The highest BCUT2D eigenvalue weighted by Gasteiger charge is 2.16. The molecule has 0 radical (unpaired) electrons. The lowest BCUT2D eigenvalue weighted by molar-refractivity contribution is 0.627. The molecule has 0 aromatic heterocycles. The summed E-state index contributed by atoms with van der Waals surface area (Å²) in [7, 11) is 0. The zero-order valence-electron chi connectivity index (χ0n) is 9.94. The second-order valence-corrected chi connectivity index (χ2v) is 4.12. The Kier molecular flexibility index (Phi) is 3.85. The van der Waals surface area contributed by atoms with Gasteiger partial charge in [-0.2, -0.15) is 0 Å². The Balaban J connectivity index is 2.28. The fourth-order valence-corrected chi connectivity index (χ4v) is 1.94. The molecule has 0 heterocycles. The molecule has 0 amide bonds. The van der Waals surface area contributed by atoms with Crippen molar-refractivity contribution in [1.82, 2.24) is 0 Å². The van der Waals surface area contributed by atoms with E-state index in [1.807, 2.05) is 30.3 Å². The van der Waals surface area contributed by atoms with Crippen LogP contribution in [0.3, 0.4) is 0 Å². The van der Waals surface area contributed by atoms with E-state index >= 15 is 0 Å². The SMILES string of the molecule is N=C(c1ccc(F)cc1)C(CN)c1ccccc1. The molecule has 0 spiro atoms. The molecule has 3 N–H and O–H groups in total. The van der Waals surface area contributed by atoms with Gasteiger partial charge in [-0.05, 0) is 23.3 Å². The molecule has 2 aromatic carbocycles. The summed E-state index contributed by atoms with van der Waals surface area (Å²) in [6.07, 6.45) is 0. The van der Waals surface area contributed by atoms with Gasteiger partial charge >= 0.3 is 0 Å². The molecule has 18 heavy (non-hydrogen) atoms. The average Bonchev–Trinajstić information content (AvgIpc) is 2.41. The zero-order valence-corrected chi connectivity index (χ0v) is 9.94. The quantitative estimate of drug-likeness (QED) is 0.796. The van der Waals surface area contributed by atoms with E-state index in [4.69, 9.17) is 11.1 Å². The van der Waals surface area contributed by atoms with Crippen LogP contribution in [0, 0.1) is 11.2 Å². The van der Waals surface area contributed by atoms with Crippen LogP contribution in [0.4, 0.5) is 4.39 Å². The van der Waals surface area contributed by atoms with E-state index in [-0.39, 0.29) is 11.7 Å². The van der Waals surface area contributed by atoms with Crippen LogP contribution in [0.2, 0.25) is 0 Å². The summed E-state index contributed by atoms with van der Waals surface area (Å²) in [6, 6.07) is 15.6. The van der Waals surface area contributed by atoms with E-state index < -0.39 is 0 Å².